The van der Waals surface area contributed by atoms with Crippen molar-refractivity contribution >= 4 is 77.7 Å². The van der Waals surface area contributed by atoms with Crippen LogP contribution in [0.5, 0.6) is 0 Å². The van der Waals surface area contributed by atoms with Crippen LogP contribution >= 0.6 is 54.5 Å². The van der Waals surface area contributed by atoms with Crippen molar-refractivity contribution in [1.82, 2.24) is 4.90 Å². The normalized spacial score (nSPS) is 22.1. The van der Waals surface area contributed by atoms with Crippen molar-refractivity contribution in [2.45, 2.75) is 19.8 Å². The molecule has 0 N–H and O–H groups in total. The number of likely N-dealkylation sites (N-methyl/N-ethyl adjacent to an activating group) is 2. The van der Waals surface area contributed by atoms with E-state index in [2.05, 4.69) is 38.8 Å². The topological polar surface area (TPSA) is 37.4 Å². The molecule has 0 aliphatic carbocycles. The Hall–Kier alpha value is -1.06. The molecule has 8 heteroatoms. The van der Waals surface area contributed by atoms with Gasteiger partial charge in [-0.05, 0) is 62.5 Å². The summed E-state index contributed by atoms with van der Waals surface area (Å²) in [5.41, 5.74) is 2.71. The number of hydrogen-bond acceptors (Lipinski definition) is 4. The van der Waals surface area contributed by atoms with Crippen LogP contribution in [0.25, 0.3) is 11.4 Å². The number of hydrogen-bond donors (Lipinski definition) is 0. The maximum Gasteiger partial charge on any atom is 0.354 e. The molecular weight excluding hydrogens is 524 g/mol. The van der Waals surface area contributed by atoms with Gasteiger partial charge in [0.15, 0.2) is 5.70 Å². The first kappa shape index (κ1) is 20.2. The molecule has 2 aromatic rings. The molecule has 146 valence electrons. The average molecular weight is 543 g/mol. The van der Waals surface area contributed by atoms with Crippen LogP contribution < -0.4 is 0 Å². The van der Waals surface area contributed by atoms with E-state index in [-0.39, 0.29) is 16.3 Å². The van der Waals surface area contributed by atoms with Gasteiger partial charge in [0.05, 0.1) is 36.6 Å². The van der Waals surface area contributed by atoms with Crippen molar-refractivity contribution < 1.29 is 14.1 Å². The highest BCUT2D eigenvalue weighted by atomic mass is 79.9. The molecule has 4 heterocycles. The molecule has 2 aromatic heterocycles. The summed E-state index contributed by atoms with van der Waals surface area (Å²) in [6.07, 6.45) is 1.91. The molecule has 0 aromatic carbocycles. The number of thiophene rings is 2. The summed E-state index contributed by atoms with van der Waals surface area (Å²) in [5.74, 6) is -0.0825. The van der Waals surface area contributed by atoms with Crippen molar-refractivity contribution in [2.24, 2.45) is 0 Å². The third-order valence-corrected chi connectivity index (χ3v) is 8.57. The molecule has 4 nitrogen and oxygen atoms in total. The first-order valence-corrected chi connectivity index (χ1v) is 12.2. The van der Waals surface area contributed by atoms with E-state index in [4.69, 9.17) is 0 Å². The van der Waals surface area contributed by atoms with Crippen molar-refractivity contribution in [1.29, 1.82) is 0 Å². The summed E-state index contributed by atoms with van der Waals surface area (Å²) in [6.45, 7) is 2.81. The monoisotopic (exact) mass is 541 g/mol. The van der Waals surface area contributed by atoms with Gasteiger partial charge in [0.2, 0.25) is 0 Å². The van der Waals surface area contributed by atoms with Gasteiger partial charge in [-0.1, -0.05) is 13.3 Å². The number of quaternary nitrogens is 1. The van der Waals surface area contributed by atoms with Crippen molar-refractivity contribution in [3.05, 3.63) is 52.7 Å². The molecule has 0 bridgehead atoms. The van der Waals surface area contributed by atoms with Crippen molar-refractivity contribution in [3.63, 3.8) is 0 Å². The lowest BCUT2D eigenvalue weighted by atomic mass is 10.1. The van der Waals surface area contributed by atoms with Gasteiger partial charge in [-0.15, -0.1) is 22.7 Å². The quantitative estimate of drug-likeness (QED) is 0.453. The van der Waals surface area contributed by atoms with Crippen LogP contribution in [0.2, 0.25) is 0 Å². The lowest BCUT2D eigenvalue weighted by Gasteiger charge is -2.29. The molecule has 1 unspecified atom stereocenters. The highest BCUT2D eigenvalue weighted by Gasteiger charge is 2.57. The lowest BCUT2D eigenvalue weighted by molar-refractivity contribution is -0.756. The van der Waals surface area contributed by atoms with Gasteiger partial charge in [-0.2, -0.15) is 0 Å². The number of nitrogens with zero attached hydrogens (tertiary/aromatic N) is 2. The molecule has 2 aliphatic heterocycles. The van der Waals surface area contributed by atoms with Crippen molar-refractivity contribution in [2.75, 3.05) is 20.6 Å². The highest BCUT2D eigenvalue weighted by Crippen LogP contribution is 2.51. The van der Waals surface area contributed by atoms with E-state index in [0.717, 1.165) is 41.6 Å². The molecule has 2 aliphatic rings. The van der Waals surface area contributed by atoms with Gasteiger partial charge in [-0.25, -0.2) is 9.28 Å². The summed E-state index contributed by atoms with van der Waals surface area (Å²) < 4.78 is 2.12. The summed E-state index contributed by atoms with van der Waals surface area (Å²) in [6, 6.07) is 7.90. The molecule has 0 fully saturated rings. The largest absolute Gasteiger partial charge is 0.354 e. The molecule has 28 heavy (non-hydrogen) atoms. The minimum Gasteiger partial charge on any atom is -0.309 e. The van der Waals surface area contributed by atoms with E-state index in [1.807, 2.05) is 31.3 Å². The third kappa shape index (κ3) is 2.92. The second kappa shape index (κ2) is 7.32. The third-order valence-electron chi connectivity index (χ3n) is 5.31. The van der Waals surface area contributed by atoms with Crippen LogP contribution in [0, 0.1) is 0 Å². The second-order valence-electron chi connectivity index (χ2n) is 7.09. The fraction of sp³-hybridized carbons (Fsp3) is 0.300. The standard InChI is InChI=1S/C20H19Br2N2O2S2/c1-4-5-10-24(3)18(12-7-9-14(22)28-12)16-15(20(24)26)17(23(2)19(16)25)11-6-8-13(21)27-11/h6-9H,4-5,10H2,1-3H3/q+1. The molecule has 0 spiro atoms. The Labute approximate surface area is 189 Å². The lowest BCUT2D eigenvalue weighted by Crippen LogP contribution is -2.45. The Morgan fingerprint density at radius 3 is 2.14 bits per heavy atom. The van der Waals surface area contributed by atoms with E-state index in [1.54, 1.807) is 23.3 Å². The molecule has 2 amide bonds. The van der Waals surface area contributed by atoms with Crippen LogP contribution in [-0.4, -0.2) is 41.8 Å². The first-order valence-electron chi connectivity index (χ1n) is 8.99. The Balaban J connectivity index is 2.01. The minimum atomic E-state index is -0.0965. The van der Waals surface area contributed by atoms with E-state index >= 15 is 0 Å². The zero-order valence-electron chi connectivity index (χ0n) is 15.7. The molecule has 0 radical (unpaired) electrons. The molecule has 0 saturated heterocycles. The van der Waals surface area contributed by atoms with Crippen LogP contribution in [0.4, 0.5) is 0 Å². The SMILES string of the molecule is CCCC[N+]1(C)C(=O)C2=C(c3ccc(Br)s3)N(C)C(=O)C2=C1c1ccc(Br)s1. The number of carbonyl (C=O) groups is 2. The smallest absolute Gasteiger partial charge is 0.309 e. The van der Waals surface area contributed by atoms with Gasteiger partial charge >= 0.3 is 5.91 Å². The molecule has 4 rings (SSSR count). The fourth-order valence-electron chi connectivity index (χ4n) is 3.91. The van der Waals surface area contributed by atoms with Crippen LogP contribution in [0.15, 0.2) is 43.0 Å². The van der Waals surface area contributed by atoms with Crippen LogP contribution in [0.1, 0.15) is 29.5 Å². The average Bonchev–Trinajstić information content (AvgIpc) is 3.37. The van der Waals surface area contributed by atoms with Crippen molar-refractivity contribution in [3.8, 4) is 0 Å². The Morgan fingerprint density at radius 2 is 1.61 bits per heavy atom. The summed E-state index contributed by atoms with van der Waals surface area (Å²) in [7, 11) is 3.71. The summed E-state index contributed by atoms with van der Waals surface area (Å²) in [5, 5.41) is 0. The Bertz CT molecular complexity index is 1070. The number of unbranched alkanes of at least 4 members (excludes halogenated alkanes) is 1. The Kier molecular flexibility index (Phi) is 5.29. The van der Waals surface area contributed by atoms with Gasteiger partial charge in [0, 0.05) is 7.05 Å². The van der Waals surface area contributed by atoms with Gasteiger partial charge < -0.3 is 4.90 Å². The first-order chi connectivity index (χ1) is 13.3. The zero-order chi connectivity index (χ0) is 20.2. The molecule has 0 saturated carbocycles. The van der Waals surface area contributed by atoms with Crippen LogP contribution in [-0.2, 0) is 9.59 Å². The van der Waals surface area contributed by atoms with E-state index in [9.17, 15) is 9.59 Å². The molecule has 1 atom stereocenters. The number of halogens is 2. The highest BCUT2D eigenvalue weighted by molar-refractivity contribution is 9.11. The van der Waals surface area contributed by atoms with E-state index < -0.39 is 0 Å². The van der Waals surface area contributed by atoms with Crippen LogP contribution in [0.3, 0.4) is 0 Å². The van der Waals surface area contributed by atoms with E-state index in [0.29, 0.717) is 17.7 Å². The predicted octanol–water partition coefficient (Wildman–Crippen LogP) is 5.72. The number of carbonyl (C=O) groups excluding carboxylic acids is 2. The number of amides is 2. The fourth-order valence-corrected chi connectivity index (χ4v) is 6.92. The maximum absolute atomic E-state index is 13.8. The maximum atomic E-state index is 13.8. The van der Waals surface area contributed by atoms with Gasteiger partial charge in [0.25, 0.3) is 5.91 Å². The Morgan fingerprint density at radius 1 is 1.00 bits per heavy atom. The van der Waals surface area contributed by atoms with Gasteiger partial charge in [-0.3, -0.25) is 4.79 Å². The zero-order valence-corrected chi connectivity index (χ0v) is 20.5. The predicted molar refractivity (Wildman–Crippen MR) is 122 cm³/mol. The number of rotatable bonds is 5. The minimum absolute atomic E-state index is 0.0141. The van der Waals surface area contributed by atoms with Gasteiger partial charge in [0.1, 0.15) is 11.1 Å². The molecular formula is C20H19Br2N2O2S2+. The number of fused-ring (bicyclic) bond motifs is 1. The summed E-state index contributed by atoms with van der Waals surface area (Å²) >= 11 is 10.1. The summed E-state index contributed by atoms with van der Waals surface area (Å²) in [4.78, 5) is 30.6. The second-order valence-corrected chi connectivity index (χ2v) is 12.0. The van der Waals surface area contributed by atoms with E-state index in [1.165, 1.54) is 11.3 Å².